The molecule has 1 saturated carbocycles. The van der Waals surface area contributed by atoms with E-state index in [1.165, 1.54) is 0 Å². The number of para-hydroxylation sites is 1. The minimum absolute atomic E-state index is 0.112. The molecule has 0 aliphatic heterocycles. The van der Waals surface area contributed by atoms with Crippen LogP contribution in [0.1, 0.15) is 36.8 Å². The van der Waals surface area contributed by atoms with Crippen molar-refractivity contribution in [3.63, 3.8) is 0 Å². The van der Waals surface area contributed by atoms with Crippen LogP contribution in [-0.2, 0) is 22.6 Å². The zero-order valence-corrected chi connectivity index (χ0v) is 22.6. The first kappa shape index (κ1) is 27.3. The zero-order chi connectivity index (χ0) is 26.2. The van der Waals surface area contributed by atoms with Crippen LogP contribution in [0.4, 0.5) is 0 Å². The largest absolute Gasteiger partial charge is 0.482 e. The molecule has 37 heavy (non-hydrogen) atoms. The lowest BCUT2D eigenvalue weighted by Crippen LogP contribution is -2.53. The lowest BCUT2D eigenvalue weighted by atomic mass is 10.0. The number of hydrogen-bond acceptors (Lipinski definition) is 3. The van der Waals surface area contributed by atoms with Crippen molar-refractivity contribution in [3.05, 3.63) is 99.0 Å². The average molecular weight is 560 g/mol. The van der Waals surface area contributed by atoms with Gasteiger partial charge in [0.15, 0.2) is 6.61 Å². The van der Waals surface area contributed by atoms with Gasteiger partial charge in [0, 0.05) is 29.1 Å². The molecule has 0 aromatic heterocycles. The highest BCUT2D eigenvalue weighted by Gasteiger charge is 2.32. The third-order valence-corrected chi connectivity index (χ3v) is 7.42. The predicted octanol–water partition coefficient (Wildman–Crippen LogP) is 6.72. The quantitative estimate of drug-likeness (QED) is 0.300. The van der Waals surface area contributed by atoms with E-state index in [0.717, 1.165) is 31.2 Å². The van der Waals surface area contributed by atoms with Crippen molar-refractivity contribution < 1.29 is 14.3 Å². The van der Waals surface area contributed by atoms with E-state index in [2.05, 4.69) is 5.32 Å². The SMILES string of the molecule is O=C(NC1CCCC1)[C@@H](Cc1ccccc1)N(Cc1ccc(Cl)cc1Cl)C(=O)COc1ccccc1Cl. The van der Waals surface area contributed by atoms with Gasteiger partial charge in [-0.25, -0.2) is 0 Å². The number of rotatable bonds is 10. The number of nitrogens with zero attached hydrogens (tertiary/aromatic N) is 1. The molecule has 8 heteroatoms. The molecule has 1 N–H and O–H groups in total. The lowest BCUT2D eigenvalue weighted by molar-refractivity contribution is -0.143. The van der Waals surface area contributed by atoms with Gasteiger partial charge >= 0.3 is 0 Å². The molecular weight excluding hydrogens is 531 g/mol. The van der Waals surface area contributed by atoms with Crippen LogP contribution in [0, 0.1) is 0 Å². The zero-order valence-electron chi connectivity index (χ0n) is 20.3. The summed E-state index contributed by atoms with van der Waals surface area (Å²) in [6.45, 7) is -0.159. The summed E-state index contributed by atoms with van der Waals surface area (Å²) in [6, 6.07) is 21.1. The monoisotopic (exact) mass is 558 g/mol. The molecule has 0 bridgehead atoms. The highest BCUT2D eigenvalue weighted by molar-refractivity contribution is 6.35. The van der Waals surface area contributed by atoms with Crippen LogP contribution < -0.4 is 10.1 Å². The van der Waals surface area contributed by atoms with E-state index in [1.807, 2.05) is 30.3 Å². The van der Waals surface area contributed by atoms with E-state index in [-0.39, 0.29) is 31.0 Å². The number of carbonyl (C=O) groups excluding carboxylic acids is 2. The number of amides is 2. The van der Waals surface area contributed by atoms with Crippen molar-refractivity contribution in [1.82, 2.24) is 10.2 Å². The molecule has 0 unspecified atom stereocenters. The summed E-state index contributed by atoms with van der Waals surface area (Å²) < 4.78 is 5.77. The van der Waals surface area contributed by atoms with Crippen molar-refractivity contribution in [1.29, 1.82) is 0 Å². The molecule has 1 aliphatic rings. The molecular formula is C29H29Cl3N2O3. The van der Waals surface area contributed by atoms with Crippen LogP contribution in [0.3, 0.4) is 0 Å². The summed E-state index contributed by atoms with van der Waals surface area (Å²) in [7, 11) is 0. The van der Waals surface area contributed by atoms with Gasteiger partial charge in [0.1, 0.15) is 11.8 Å². The third kappa shape index (κ3) is 7.64. The van der Waals surface area contributed by atoms with Gasteiger partial charge in [0.05, 0.1) is 5.02 Å². The molecule has 0 heterocycles. The molecule has 1 atom stereocenters. The Hall–Kier alpha value is -2.73. The van der Waals surface area contributed by atoms with E-state index in [4.69, 9.17) is 39.5 Å². The molecule has 3 aromatic carbocycles. The Balaban J connectivity index is 1.64. The standard InChI is InChI=1S/C29H29Cl3N2O3/c30-22-15-14-21(25(32)17-22)18-34(28(35)19-37-27-13-7-6-12-24(27)31)26(16-20-8-2-1-3-9-20)29(36)33-23-10-4-5-11-23/h1-3,6-9,12-15,17,23,26H,4-5,10-11,16,18-19H2,(H,33,36)/t26-/m1/s1. The molecule has 0 spiro atoms. The van der Waals surface area contributed by atoms with E-state index in [0.29, 0.717) is 32.8 Å². The highest BCUT2D eigenvalue weighted by atomic mass is 35.5. The Morgan fingerprint density at radius 3 is 2.32 bits per heavy atom. The summed E-state index contributed by atoms with van der Waals surface area (Å²) in [6.07, 6.45) is 4.40. The second-order valence-electron chi connectivity index (χ2n) is 9.17. The fourth-order valence-corrected chi connectivity index (χ4v) is 5.20. The van der Waals surface area contributed by atoms with Crippen molar-refractivity contribution in [3.8, 4) is 5.75 Å². The summed E-state index contributed by atoms with van der Waals surface area (Å²) in [4.78, 5) is 28.9. The average Bonchev–Trinajstić information content (AvgIpc) is 3.40. The summed E-state index contributed by atoms with van der Waals surface area (Å²) in [5.41, 5.74) is 1.63. The smallest absolute Gasteiger partial charge is 0.261 e. The Kier molecular flexibility index (Phi) is 9.73. The normalized spacial score (nSPS) is 14.2. The maximum atomic E-state index is 13.7. The molecule has 3 aromatic rings. The van der Waals surface area contributed by atoms with E-state index < -0.39 is 6.04 Å². The molecule has 194 valence electrons. The summed E-state index contributed by atoms with van der Waals surface area (Å²) >= 11 is 18.8. The molecule has 1 fully saturated rings. The van der Waals surface area contributed by atoms with Crippen LogP contribution in [0.2, 0.25) is 15.1 Å². The maximum Gasteiger partial charge on any atom is 0.261 e. The van der Waals surface area contributed by atoms with Gasteiger partial charge in [0.2, 0.25) is 5.91 Å². The molecule has 0 saturated heterocycles. The number of carbonyl (C=O) groups is 2. The first-order valence-electron chi connectivity index (χ1n) is 12.4. The molecule has 5 nitrogen and oxygen atoms in total. The second-order valence-corrected chi connectivity index (χ2v) is 10.4. The fraction of sp³-hybridized carbons (Fsp3) is 0.310. The van der Waals surface area contributed by atoms with Gasteiger partial charge < -0.3 is 15.0 Å². The molecule has 1 aliphatic carbocycles. The molecule has 4 rings (SSSR count). The van der Waals surface area contributed by atoms with Crippen LogP contribution >= 0.6 is 34.8 Å². The van der Waals surface area contributed by atoms with Gasteiger partial charge in [-0.05, 0) is 48.2 Å². The van der Waals surface area contributed by atoms with Crippen molar-refractivity contribution in [2.24, 2.45) is 0 Å². The minimum Gasteiger partial charge on any atom is -0.482 e. The first-order valence-corrected chi connectivity index (χ1v) is 13.5. The van der Waals surface area contributed by atoms with E-state index in [9.17, 15) is 9.59 Å². The van der Waals surface area contributed by atoms with Crippen molar-refractivity contribution in [2.75, 3.05) is 6.61 Å². The van der Waals surface area contributed by atoms with Gasteiger partial charge in [-0.1, -0.05) is 96.2 Å². The molecule has 2 amide bonds. The Morgan fingerprint density at radius 2 is 1.62 bits per heavy atom. The predicted molar refractivity (Wildman–Crippen MR) is 148 cm³/mol. The van der Waals surface area contributed by atoms with E-state index in [1.54, 1.807) is 47.4 Å². The summed E-state index contributed by atoms with van der Waals surface area (Å²) in [5, 5.41) is 4.50. The number of hydrogen-bond donors (Lipinski definition) is 1. The number of benzene rings is 3. The van der Waals surface area contributed by atoms with Gasteiger partial charge in [0.25, 0.3) is 5.91 Å². The molecule has 0 radical (unpaired) electrons. The topological polar surface area (TPSA) is 58.6 Å². The summed E-state index contributed by atoms with van der Waals surface area (Å²) in [5.74, 6) is -0.141. The number of halogens is 3. The maximum absolute atomic E-state index is 13.7. The van der Waals surface area contributed by atoms with Gasteiger partial charge in [-0.3, -0.25) is 9.59 Å². The Morgan fingerprint density at radius 1 is 0.919 bits per heavy atom. The number of ether oxygens (including phenoxy) is 1. The van der Waals surface area contributed by atoms with Gasteiger partial charge in [-0.2, -0.15) is 0 Å². The Labute approximate surface area is 232 Å². The van der Waals surface area contributed by atoms with Crippen molar-refractivity contribution in [2.45, 2.75) is 50.7 Å². The van der Waals surface area contributed by atoms with Crippen LogP contribution in [-0.4, -0.2) is 35.4 Å². The fourth-order valence-electron chi connectivity index (χ4n) is 4.54. The van der Waals surface area contributed by atoms with Gasteiger partial charge in [-0.15, -0.1) is 0 Å². The third-order valence-electron chi connectivity index (χ3n) is 6.52. The first-order chi connectivity index (χ1) is 17.9. The Bertz CT molecular complexity index is 1220. The van der Waals surface area contributed by atoms with Crippen LogP contribution in [0.5, 0.6) is 5.75 Å². The lowest BCUT2D eigenvalue weighted by Gasteiger charge is -2.32. The van der Waals surface area contributed by atoms with Crippen molar-refractivity contribution >= 4 is 46.6 Å². The minimum atomic E-state index is -0.767. The van der Waals surface area contributed by atoms with Crippen LogP contribution in [0.15, 0.2) is 72.8 Å². The van der Waals surface area contributed by atoms with E-state index >= 15 is 0 Å². The van der Waals surface area contributed by atoms with Crippen LogP contribution in [0.25, 0.3) is 0 Å². The highest BCUT2D eigenvalue weighted by Crippen LogP contribution is 2.26. The number of nitrogens with one attached hydrogen (secondary N) is 1. The second kappa shape index (κ2) is 13.2.